The minimum absolute atomic E-state index is 0.0329. The number of hydrogen-bond donors (Lipinski definition) is 2. The number of benzene rings is 2. The van der Waals surface area contributed by atoms with Crippen LogP contribution in [0.4, 0.5) is 0 Å². The summed E-state index contributed by atoms with van der Waals surface area (Å²) in [6.07, 6.45) is 0.577. The van der Waals surface area contributed by atoms with Crippen molar-refractivity contribution < 1.29 is 27.8 Å². The average molecular weight is 550 g/mol. The van der Waals surface area contributed by atoms with E-state index in [4.69, 9.17) is 15.2 Å². The molecule has 3 N–H and O–H groups in total. The van der Waals surface area contributed by atoms with Gasteiger partial charge in [0.1, 0.15) is 11.5 Å². The Morgan fingerprint density at radius 1 is 0.974 bits per heavy atom. The highest BCUT2D eigenvalue weighted by Crippen LogP contribution is 2.18. The van der Waals surface area contributed by atoms with E-state index in [1.54, 1.807) is 20.3 Å². The number of sulfonamides is 1. The summed E-state index contributed by atoms with van der Waals surface area (Å²) in [6, 6.07) is 14.1. The summed E-state index contributed by atoms with van der Waals surface area (Å²) >= 11 is 0. The van der Waals surface area contributed by atoms with Crippen molar-refractivity contribution in [2.75, 3.05) is 39.6 Å². The Morgan fingerprint density at radius 3 is 2.08 bits per heavy atom. The first-order valence-corrected chi connectivity index (χ1v) is 14.7. The lowest BCUT2D eigenvalue weighted by molar-refractivity contribution is -0.133. The Hall–Kier alpha value is -2.66. The second kappa shape index (κ2) is 15.7. The monoisotopic (exact) mass is 549 g/mol. The van der Waals surface area contributed by atoms with Crippen LogP contribution in [0.1, 0.15) is 44.2 Å². The van der Waals surface area contributed by atoms with Gasteiger partial charge in [-0.15, -0.1) is 0 Å². The topological polar surface area (TPSA) is 122 Å². The fourth-order valence-electron chi connectivity index (χ4n) is 4.21. The van der Waals surface area contributed by atoms with Gasteiger partial charge in [-0.2, -0.15) is 0 Å². The van der Waals surface area contributed by atoms with Gasteiger partial charge >= 0.3 is 0 Å². The number of aliphatic hydroxyl groups excluding tert-OH is 1. The third kappa shape index (κ3) is 9.90. The lowest BCUT2D eigenvalue weighted by atomic mass is 10.0. The Bertz CT molecular complexity index is 1110. The lowest BCUT2D eigenvalue weighted by Gasteiger charge is -2.29. The quantitative estimate of drug-likeness (QED) is 0.311. The SMILES string of the molecule is CCCN(CCC)S(=O)(=O)CCC(=O)N(Cc1cccc(OC)c1)C[C@@H](O)[C@@H](N)Cc1cccc(OC)c1. The number of aliphatic hydroxyl groups is 1. The lowest BCUT2D eigenvalue weighted by Crippen LogP contribution is -2.46. The molecule has 212 valence electrons. The van der Waals surface area contributed by atoms with Crippen molar-refractivity contribution in [3.63, 3.8) is 0 Å². The molecule has 0 fully saturated rings. The fraction of sp³-hybridized carbons (Fsp3) is 0.536. The molecule has 0 bridgehead atoms. The van der Waals surface area contributed by atoms with Gasteiger partial charge in [0.15, 0.2) is 0 Å². The summed E-state index contributed by atoms with van der Waals surface area (Å²) in [5.41, 5.74) is 8.03. The molecule has 10 heteroatoms. The van der Waals surface area contributed by atoms with E-state index in [0.717, 1.165) is 11.1 Å². The van der Waals surface area contributed by atoms with Crippen molar-refractivity contribution in [1.29, 1.82) is 0 Å². The van der Waals surface area contributed by atoms with Gasteiger partial charge in [0.05, 0.1) is 26.1 Å². The highest BCUT2D eigenvalue weighted by molar-refractivity contribution is 7.89. The normalized spacial score (nSPS) is 13.2. The van der Waals surface area contributed by atoms with E-state index in [1.807, 2.05) is 56.3 Å². The van der Waals surface area contributed by atoms with Crippen molar-refractivity contribution in [2.24, 2.45) is 5.73 Å². The van der Waals surface area contributed by atoms with E-state index in [1.165, 1.54) is 9.21 Å². The van der Waals surface area contributed by atoms with Gasteiger partial charge in [-0.1, -0.05) is 38.1 Å². The standard InChI is InChI=1S/C28H43N3O6S/c1-5-14-31(15-6-2)38(34,35)16-13-28(33)30(20-23-10-8-12-25(18-23)37-4)21-27(32)26(29)19-22-9-7-11-24(17-22)36-3/h7-12,17-18,26-27,32H,5-6,13-16,19-21,29H2,1-4H3/t26-,27+/m0/s1. The fourth-order valence-corrected chi connectivity index (χ4v) is 5.82. The van der Waals surface area contributed by atoms with Gasteiger partial charge in [-0.05, 0) is 54.7 Å². The van der Waals surface area contributed by atoms with Crippen LogP contribution >= 0.6 is 0 Å². The van der Waals surface area contributed by atoms with Crippen molar-refractivity contribution in [3.05, 3.63) is 59.7 Å². The van der Waals surface area contributed by atoms with Crippen molar-refractivity contribution in [1.82, 2.24) is 9.21 Å². The zero-order valence-electron chi connectivity index (χ0n) is 23.0. The minimum Gasteiger partial charge on any atom is -0.497 e. The predicted molar refractivity (Wildman–Crippen MR) is 150 cm³/mol. The summed E-state index contributed by atoms with van der Waals surface area (Å²) in [5, 5.41) is 11.0. The Kier molecular flexibility index (Phi) is 13.0. The van der Waals surface area contributed by atoms with E-state index in [2.05, 4.69) is 0 Å². The summed E-state index contributed by atoms with van der Waals surface area (Å²) in [5.74, 6) is 0.687. The molecule has 2 aromatic carbocycles. The Morgan fingerprint density at radius 2 is 1.53 bits per heavy atom. The van der Waals surface area contributed by atoms with Crippen LogP contribution in [0.15, 0.2) is 48.5 Å². The van der Waals surface area contributed by atoms with E-state index >= 15 is 0 Å². The number of rotatable bonds is 17. The van der Waals surface area contributed by atoms with Gasteiger partial charge in [0, 0.05) is 38.6 Å². The largest absolute Gasteiger partial charge is 0.497 e. The molecule has 1 amide bonds. The number of nitrogens with zero attached hydrogens (tertiary/aromatic N) is 2. The maximum absolute atomic E-state index is 13.3. The van der Waals surface area contributed by atoms with Gasteiger partial charge in [0.2, 0.25) is 15.9 Å². The molecule has 0 aliphatic rings. The van der Waals surface area contributed by atoms with Crippen molar-refractivity contribution >= 4 is 15.9 Å². The Balaban J connectivity index is 2.17. The molecule has 38 heavy (non-hydrogen) atoms. The van der Waals surface area contributed by atoms with Crippen LogP contribution < -0.4 is 15.2 Å². The van der Waals surface area contributed by atoms with E-state index in [0.29, 0.717) is 43.9 Å². The minimum atomic E-state index is -3.58. The summed E-state index contributed by atoms with van der Waals surface area (Å²) in [7, 11) is -0.439. The van der Waals surface area contributed by atoms with E-state index in [-0.39, 0.29) is 31.2 Å². The first kappa shape index (κ1) is 31.6. The molecule has 0 saturated heterocycles. The number of hydrogen-bond acceptors (Lipinski definition) is 7. The van der Waals surface area contributed by atoms with Gasteiger partial charge in [-0.25, -0.2) is 12.7 Å². The second-order valence-corrected chi connectivity index (χ2v) is 11.5. The van der Waals surface area contributed by atoms with Crippen LogP contribution in [-0.2, 0) is 27.8 Å². The molecule has 2 aromatic rings. The van der Waals surface area contributed by atoms with Gasteiger partial charge in [-0.3, -0.25) is 4.79 Å². The number of amides is 1. The Labute approximate surface area is 227 Å². The summed E-state index contributed by atoms with van der Waals surface area (Å²) in [4.78, 5) is 14.8. The molecular formula is C28H43N3O6S. The average Bonchev–Trinajstić information content (AvgIpc) is 2.91. The molecule has 0 unspecified atom stereocenters. The van der Waals surface area contributed by atoms with Crippen molar-refractivity contribution in [3.8, 4) is 11.5 Å². The maximum atomic E-state index is 13.3. The summed E-state index contributed by atoms with van der Waals surface area (Å²) in [6.45, 7) is 4.86. The zero-order valence-corrected chi connectivity index (χ0v) is 23.8. The van der Waals surface area contributed by atoms with Crippen LogP contribution in [0.5, 0.6) is 11.5 Å². The van der Waals surface area contributed by atoms with Gasteiger partial charge in [0.25, 0.3) is 0 Å². The molecule has 2 atom stereocenters. The highest BCUT2D eigenvalue weighted by Gasteiger charge is 2.26. The summed E-state index contributed by atoms with van der Waals surface area (Å²) < 4.78 is 37.9. The molecular weight excluding hydrogens is 506 g/mol. The van der Waals surface area contributed by atoms with Crippen LogP contribution in [0.25, 0.3) is 0 Å². The van der Waals surface area contributed by atoms with Crippen molar-refractivity contribution in [2.45, 2.75) is 58.2 Å². The van der Waals surface area contributed by atoms with Crippen LogP contribution in [0.3, 0.4) is 0 Å². The molecule has 2 rings (SSSR count). The molecule has 0 radical (unpaired) electrons. The van der Waals surface area contributed by atoms with Crippen LogP contribution in [0.2, 0.25) is 0 Å². The molecule has 0 aliphatic carbocycles. The maximum Gasteiger partial charge on any atom is 0.224 e. The highest BCUT2D eigenvalue weighted by atomic mass is 32.2. The molecule has 0 aliphatic heterocycles. The molecule has 0 spiro atoms. The van der Waals surface area contributed by atoms with Crippen LogP contribution in [0, 0.1) is 0 Å². The zero-order chi connectivity index (χ0) is 28.1. The van der Waals surface area contributed by atoms with E-state index < -0.39 is 22.2 Å². The van der Waals surface area contributed by atoms with Crippen LogP contribution in [-0.4, -0.2) is 80.4 Å². The number of carbonyl (C=O) groups is 1. The smallest absolute Gasteiger partial charge is 0.224 e. The number of nitrogens with two attached hydrogens (primary N) is 1. The third-order valence-corrected chi connectivity index (χ3v) is 8.15. The first-order chi connectivity index (χ1) is 18.1. The van der Waals surface area contributed by atoms with E-state index in [9.17, 15) is 18.3 Å². The number of carbonyl (C=O) groups excluding carboxylic acids is 1. The first-order valence-electron chi connectivity index (χ1n) is 13.1. The third-order valence-electron chi connectivity index (χ3n) is 6.28. The number of ether oxygens (including phenoxy) is 2. The predicted octanol–water partition coefficient (Wildman–Crippen LogP) is 2.81. The second-order valence-electron chi connectivity index (χ2n) is 9.38. The molecule has 0 aromatic heterocycles. The molecule has 0 saturated carbocycles. The molecule has 9 nitrogen and oxygen atoms in total. The number of methoxy groups -OCH3 is 2. The van der Waals surface area contributed by atoms with Gasteiger partial charge < -0.3 is 25.2 Å². The molecule has 0 heterocycles.